The van der Waals surface area contributed by atoms with E-state index in [1.807, 2.05) is 13.0 Å². The van der Waals surface area contributed by atoms with E-state index >= 15 is 0 Å². The lowest BCUT2D eigenvalue weighted by Crippen LogP contribution is -2.39. The second-order valence-corrected chi connectivity index (χ2v) is 5.80. The lowest BCUT2D eigenvalue weighted by atomic mass is 10.2. The first-order chi connectivity index (χ1) is 12.6. The van der Waals surface area contributed by atoms with E-state index < -0.39 is 11.2 Å². The fraction of sp³-hybridized carbons (Fsp3) is 0.389. The number of nitrogens with zero attached hydrogens (tertiary/aromatic N) is 4. The van der Waals surface area contributed by atoms with Crippen molar-refractivity contribution in [3.63, 3.8) is 0 Å². The molecule has 0 atom stereocenters. The number of rotatable bonds is 7. The largest absolute Gasteiger partial charge is 0.465 e. The van der Waals surface area contributed by atoms with E-state index in [4.69, 9.17) is 9.84 Å². The molecule has 0 aliphatic carbocycles. The number of ether oxygens (including phenoxy) is 1. The Bertz CT molecular complexity index is 1020. The zero-order chi connectivity index (χ0) is 18.7. The van der Waals surface area contributed by atoms with Crippen molar-refractivity contribution in [3.8, 4) is 6.01 Å². The highest BCUT2D eigenvalue weighted by atomic mass is 16.5. The molecule has 1 aromatic carbocycles. The molecule has 0 unspecified atom stereocenters. The lowest BCUT2D eigenvalue weighted by Gasteiger charge is -2.10. The van der Waals surface area contributed by atoms with E-state index in [0.29, 0.717) is 25.1 Å². The molecule has 8 nitrogen and oxygen atoms in total. The summed E-state index contributed by atoms with van der Waals surface area (Å²) < 4.78 is 9.72. The van der Waals surface area contributed by atoms with Crippen molar-refractivity contribution in [3.05, 3.63) is 56.7 Å². The fourth-order valence-corrected chi connectivity index (χ4v) is 2.82. The first kappa shape index (κ1) is 17.8. The summed E-state index contributed by atoms with van der Waals surface area (Å²) in [6.07, 6.45) is 0.316. The molecule has 2 aromatic heterocycles. The Balaban J connectivity index is 2.26. The van der Waals surface area contributed by atoms with E-state index in [1.165, 1.54) is 4.57 Å². The zero-order valence-electron chi connectivity index (χ0n) is 14.7. The van der Waals surface area contributed by atoms with Crippen LogP contribution in [0.15, 0.2) is 27.8 Å². The maximum absolute atomic E-state index is 13.0. The summed E-state index contributed by atoms with van der Waals surface area (Å²) in [5, 5.41) is 9.05. The summed E-state index contributed by atoms with van der Waals surface area (Å²) in [5.41, 5.74) is 0.559. The predicted molar refractivity (Wildman–Crippen MR) is 95.3 cm³/mol. The maximum atomic E-state index is 13.0. The van der Waals surface area contributed by atoms with Crippen LogP contribution in [-0.2, 0) is 20.1 Å². The number of hydrogen-bond acceptors (Lipinski definition) is 5. The Labute approximate surface area is 149 Å². The molecular formula is C18H20N4O4. The van der Waals surface area contributed by atoms with Gasteiger partial charge in [-0.05, 0) is 37.1 Å². The van der Waals surface area contributed by atoms with E-state index in [9.17, 15) is 9.59 Å². The number of aryl methyl sites for hydroxylation is 1. The van der Waals surface area contributed by atoms with Crippen LogP contribution in [0.4, 0.5) is 0 Å². The van der Waals surface area contributed by atoms with Crippen molar-refractivity contribution in [1.82, 2.24) is 18.7 Å². The minimum absolute atomic E-state index is 0.104. The molecule has 0 radical (unpaired) electrons. The Kier molecular flexibility index (Phi) is 5.09. The molecule has 26 heavy (non-hydrogen) atoms. The minimum atomic E-state index is -0.466. The Morgan fingerprint density at radius 1 is 1.27 bits per heavy atom. The van der Waals surface area contributed by atoms with Gasteiger partial charge in [0.1, 0.15) is 0 Å². The van der Waals surface area contributed by atoms with Gasteiger partial charge in [0.2, 0.25) is 0 Å². The average Bonchev–Trinajstić information content (AvgIpc) is 3.00. The Morgan fingerprint density at radius 3 is 2.73 bits per heavy atom. The molecule has 1 N–H and O–H groups in total. The summed E-state index contributed by atoms with van der Waals surface area (Å²) in [5.74, 6) is 0. The first-order valence-corrected chi connectivity index (χ1v) is 8.38. The summed E-state index contributed by atoms with van der Waals surface area (Å²) >= 11 is 0. The molecule has 0 saturated heterocycles. The first-order valence-electron chi connectivity index (χ1n) is 8.38. The fourth-order valence-electron chi connectivity index (χ4n) is 2.82. The van der Waals surface area contributed by atoms with Gasteiger partial charge < -0.3 is 9.84 Å². The van der Waals surface area contributed by atoms with Crippen molar-refractivity contribution in [2.45, 2.75) is 26.4 Å². The predicted octanol–water partition coefficient (Wildman–Crippen LogP) is 0.326. The average molecular weight is 356 g/mol. The number of aliphatic hydroxyl groups excluding tert-OH is 1. The molecular weight excluding hydrogens is 336 g/mol. The summed E-state index contributed by atoms with van der Waals surface area (Å²) in [6.45, 7) is 2.59. The molecule has 136 valence electrons. The molecule has 0 fully saturated rings. The van der Waals surface area contributed by atoms with Gasteiger partial charge in [-0.15, -0.1) is 0 Å². The number of imidazole rings is 1. The number of aliphatic hydroxyl groups is 1. The van der Waals surface area contributed by atoms with Crippen LogP contribution in [0.2, 0.25) is 0 Å². The van der Waals surface area contributed by atoms with E-state index in [-0.39, 0.29) is 24.8 Å². The third kappa shape index (κ3) is 3.09. The summed E-state index contributed by atoms with van der Waals surface area (Å²) in [6, 6.07) is 11.4. The van der Waals surface area contributed by atoms with Crippen LogP contribution >= 0.6 is 0 Å². The van der Waals surface area contributed by atoms with E-state index in [2.05, 4.69) is 17.1 Å². The van der Waals surface area contributed by atoms with E-state index in [0.717, 1.165) is 10.1 Å². The molecule has 0 aliphatic rings. The number of aromatic nitrogens is 4. The third-order valence-corrected chi connectivity index (χ3v) is 4.07. The van der Waals surface area contributed by atoms with Gasteiger partial charge >= 0.3 is 5.69 Å². The lowest BCUT2D eigenvalue weighted by molar-refractivity contribution is 0.277. The normalized spacial score (nSPS) is 10.9. The molecule has 0 aliphatic heterocycles. The van der Waals surface area contributed by atoms with Crippen molar-refractivity contribution < 1.29 is 9.84 Å². The van der Waals surface area contributed by atoms with Crippen LogP contribution in [0.3, 0.4) is 0 Å². The number of fused-ring (bicyclic) bond motifs is 1. The Hall–Kier alpha value is -3.05. The summed E-state index contributed by atoms with van der Waals surface area (Å²) in [4.78, 5) is 29.8. The minimum Gasteiger partial charge on any atom is -0.465 e. The SMILES string of the molecule is CCOc1nc2c(c(=O)n(CCCO)c(=O)n2C)n1Cc1cc#ccc1. The van der Waals surface area contributed by atoms with Crippen LogP contribution in [-0.4, -0.2) is 37.0 Å². The molecule has 8 heteroatoms. The highest BCUT2D eigenvalue weighted by Crippen LogP contribution is 2.19. The van der Waals surface area contributed by atoms with Gasteiger partial charge in [-0.25, -0.2) is 4.79 Å². The van der Waals surface area contributed by atoms with Crippen molar-refractivity contribution in [2.75, 3.05) is 13.2 Å². The standard InChI is InChI=1S/C18H20N4O4/c1-3-26-17-19-15-14(22(17)12-13-8-5-4-6-9-13)16(24)21(10-7-11-23)18(25)20(15)2/h5,8-9,23H,3,7,10-12H2,1-2H3. The monoisotopic (exact) mass is 356 g/mol. The molecule has 3 aromatic rings. The van der Waals surface area contributed by atoms with Gasteiger partial charge in [-0.3, -0.25) is 18.5 Å². The molecule has 0 saturated carbocycles. The van der Waals surface area contributed by atoms with Gasteiger partial charge in [0.05, 0.1) is 13.2 Å². The Morgan fingerprint density at radius 2 is 2.08 bits per heavy atom. The van der Waals surface area contributed by atoms with E-state index in [1.54, 1.807) is 23.7 Å². The molecule has 0 amide bonds. The zero-order valence-corrected chi connectivity index (χ0v) is 14.7. The van der Waals surface area contributed by atoms with Crippen LogP contribution < -0.4 is 16.0 Å². The second-order valence-electron chi connectivity index (χ2n) is 5.80. The number of hydrogen-bond donors (Lipinski definition) is 1. The molecule has 2 heterocycles. The highest BCUT2D eigenvalue weighted by molar-refractivity contribution is 5.72. The molecule has 0 bridgehead atoms. The maximum Gasteiger partial charge on any atom is 0.332 e. The quantitative estimate of drug-likeness (QED) is 0.659. The molecule has 3 rings (SSSR count). The van der Waals surface area contributed by atoms with Crippen molar-refractivity contribution in [1.29, 1.82) is 0 Å². The van der Waals surface area contributed by atoms with Gasteiger partial charge in [-0.1, -0.05) is 12.1 Å². The third-order valence-electron chi connectivity index (χ3n) is 4.07. The molecule has 0 spiro atoms. The van der Waals surface area contributed by atoms with Gasteiger partial charge in [0, 0.05) is 20.2 Å². The van der Waals surface area contributed by atoms with Crippen LogP contribution in [0, 0.1) is 12.1 Å². The van der Waals surface area contributed by atoms with Gasteiger partial charge in [0.15, 0.2) is 11.2 Å². The summed E-state index contributed by atoms with van der Waals surface area (Å²) in [7, 11) is 1.57. The highest BCUT2D eigenvalue weighted by Gasteiger charge is 2.21. The van der Waals surface area contributed by atoms with Crippen molar-refractivity contribution in [2.24, 2.45) is 7.05 Å². The van der Waals surface area contributed by atoms with Crippen LogP contribution in [0.5, 0.6) is 6.01 Å². The van der Waals surface area contributed by atoms with Crippen LogP contribution in [0.1, 0.15) is 18.9 Å². The van der Waals surface area contributed by atoms with Crippen LogP contribution in [0.25, 0.3) is 11.2 Å². The van der Waals surface area contributed by atoms with Gasteiger partial charge in [-0.2, -0.15) is 4.98 Å². The smallest absolute Gasteiger partial charge is 0.332 e. The van der Waals surface area contributed by atoms with Crippen molar-refractivity contribution >= 4 is 11.2 Å². The second kappa shape index (κ2) is 7.45. The van der Waals surface area contributed by atoms with Gasteiger partial charge in [0.25, 0.3) is 11.6 Å². The topological polar surface area (TPSA) is 91.3 Å².